The third kappa shape index (κ3) is 3.47. The topological polar surface area (TPSA) is 90.5 Å². The lowest BCUT2D eigenvalue weighted by molar-refractivity contribution is -0.143. The lowest BCUT2D eigenvalue weighted by Crippen LogP contribution is -2.47. The number of ketones is 1. The summed E-state index contributed by atoms with van der Waals surface area (Å²) in [4.78, 5) is 40.7. The fourth-order valence-electron chi connectivity index (χ4n) is 3.15. The molecule has 0 radical (unpaired) electrons. The number of aliphatic carboxylic acids is 1. The molecule has 0 aliphatic carbocycles. The van der Waals surface area contributed by atoms with Crippen LogP contribution in [0.2, 0.25) is 0 Å². The number of nitrogens with one attached hydrogen (secondary N) is 1. The number of aromatic nitrogens is 1. The van der Waals surface area contributed by atoms with Gasteiger partial charge in [-0.25, -0.2) is 0 Å². The number of likely N-dealkylation sites (tertiary alicyclic amines) is 1. The Balaban J connectivity index is 1.76. The average molecular weight is 340 g/mol. The van der Waals surface area contributed by atoms with E-state index in [1.165, 1.54) is 0 Å². The van der Waals surface area contributed by atoms with Crippen molar-refractivity contribution in [2.24, 2.45) is 5.92 Å². The van der Waals surface area contributed by atoms with Crippen LogP contribution in [-0.4, -0.2) is 45.2 Å². The van der Waals surface area contributed by atoms with Gasteiger partial charge >= 0.3 is 5.97 Å². The second-order valence-corrected chi connectivity index (χ2v) is 6.43. The minimum absolute atomic E-state index is 0.00395. The van der Waals surface area contributed by atoms with Crippen LogP contribution in [0.4, 0.5) is 0 Å². The summed E-state index contributed by atoms with van der Waals surface area (Å²) in [6.45, 7) is 2.15. The van der Waals surface area contributed by atoms with Crippen LogP contribution in [0.15, 0.2) is 42.7 Å². The Kier molecular flexibility index (Phi) is 4.70. The van der Waals surface area contributed by atoms with Crippen LogP contribution in [0.25, 0.3) is 0 Å². The molecule has 1 aliphatic rings. The molecular formula is C19H20N2O4. The number of amides is 1. The minimum Gasteiger partial charge on any atom is -0.481 e. The number of benzene rings is 1. The number of rotatable bonds is 4. The molecule has 1 fully saturated rings. The predicted molar refractivity (Wildman–Crippen MR) is 91.5 cm³/mol. The van der Waals surface area contributed by atoms with Crippen molar-refractivity contribution >= 4 is 17.7 Å². The predicted octanol–water partition coefficient (Wildman–Crippen LogP) is 2.57. The van der Waals surface area contributed by atoms with Crippen LogP contribution >= 0.6 is 0 Å². The van der Waals surface area contributed by atoms with E-state index in [1.54, 1.807) is 47.6 Å². The molecule has 0 bridgehead atoms. The van der Waals surface area contributed by atoms with Gasteiger partial charge in [0.15, 0.2) is 5.78 Å². The summed E-state index contributed by atoms with van der Waals surface area (Å²) in [7, 11) is 0. The number of aromatic amines is 1. The van der Waals surface area contributed by atoms with Gasteiger partial charge in [-0.05, 0) is 38.0 Å². The van der Waals surface area contributed by atoms with Crippen molar-refractivity contribution in [3.8, 4) is 0 Å². The van der Waals surface area contributed by atoms with Gasteiger partial charge in [0.2, 0.25) is 0 Å². The Morgan fingerprint density at radius 2 is 1.72 bits per heavy atom. The van der Waals surface area contributed by atoms with Crippen molar-refractivity contribution in [3.63, 3.8) is 0 Å². The summed E-state index contributed by atoms with van der Waals surface area (Å²) in [6, 6.07) is 8.21. The van der Waals surface area contributed by atoms with Gasteiger partial charge in [-0.15, -0.1) is 0 Å². The SMILES string of the molecule is CC1CCC(C(=O)O)CN1C(=O)c1ccc(C(=O)c2cc[nH]c2)cc1. The molecule has 2 heterocycles. The molecule has 3 rings (SSSR count). The highest BCUT2D eigenvalue weighted by Crippen LogP contribution is 2.24. The number of carboxylic acids is 1. The zero-order valence-electron chi connectivity index (χ0n) is 13.9. The quantitative estimate of drug-likeness (QED) is 0.837. The molecule has 130 valence electrons. The van der Waals surface area contributed by atoms with Crippen molar-refractivity contribution < 1.29 is 19.5 Å². The third-order valence-corrected chi connectivity index (χ3v) is 4.75. The Bertz CT molecular complexity index is 780. The zero-order valence-corrected chi connectivity index (χ0v) is 13.9. The number of hydrogen-bond acceptors (Lipinski definition) is 3. The fourth-order valence-corrected chi connectivity index (χ4v) is 3.15. The van der Waals surface area contributed by atoms with Gasteiger partial charge in [0.05, 0.1) is 5.92 Å². The van der Waals surface area contributed by atoms with E-state index in [2.05, 4.69) is 4.98 Å². The average Bonchev–Trinajstić information content (AvgIpc) is 3.15. The first-order chi connectivity index (χ1) is 12.0. The first-order valence-electron chi connectivity index (χ1n) is 8.28. The molecule has 2 N–H and O–H groups in total. The molecule has 6 heteroatoms. The normalized spacial score (nSPS) is 20.3. The lowest BCUT2D eigenvalue weighted by Gasteiger charge is -2.36. The van der Waals surface area contributed by atoms with Crippen LogP contribution in [0.3, 0.4) is 0 Å². The maximum atomic E-state index is 12.7. The third-order valence-electron chi connectivity index (χ3n) is 4.75. The number of carbonyl (C=O) groups is 3. The molecule has 2 atom stereocenters. The van der Waals surface area contributed by atoms with E-state index < -0.39 is 11.9 Å². The molecular weight excluding hydrogens is 320 g/mol. The zero-order chi connectivity index (χ0) is 18.0. The smallest absolute Gasteiger partial charge is 0.308 e. The molecule has 2 unspecified atom stereocenters. The second-order valence-electron chi connectivity index (χ2n) is 6.43. The van der Waals surface area contributed by atoms with Crippen molar-refractivity contribution in [2.45, 2.75) is 25.8 Å². The first kappa shape index (κ1) is 17.0. The maximum absolute atomic E-state index is 12.7. The molecule has 1 amide bonds. The van der Waals surface area contributed by atoms with Gasteiger partial charge in [-0.1, -0.05) is 12.1 Å². The van der Waals surface area contributed by atoms with E-state index in [1.807, 2.05) is 6.92 Å². The highest BCUT2D eigenvalue weighted by molar-refractivity contribution is 6.09. The molecule has 2 aromatic rings. The van der Waals surface area contributed by atoms with Gasteiger partial charge in [0, 0.05) is 41.7 Å². The standard InChI is InChI=1S/C19H20N2O4/c1-12-2-3-16(19(24)25)11-21(12)18(23)14-6-4-13(5-7-14)17(22)15-8-9-20-10-15/h4-10,12,16,20H,2-3,11H2,1H3,(H,24,25). The van der Waals surface area contributed by atoms with Gasteiger partial charge in [0.25, 0.3) is 5.91 Å². The lowest BCUT2D eigenvalue weighted by atomic mass is 9.92. The monoisotopic (exact) mass is 340 g/mol. The molecule has 1 aliphatic heterocycles. The molecule has 0 saturated carbocycles. The van der Waals surface area contributed by atoms with E-state index in [9.17, 15) is 19.5 Å². The highest BCUT2D eigenvalue weighted by atomic mass is 16.4. The van der Waals surface area contributed by atoms with Gasteiger partial charge in [-0.2, -0.15) is 0 Å². The Morgan fingerprint density at radius 1 is 1.04 bits per heavy atom. The van der Waals surface area contributed by atoms with Crippen LogP contribution in [-0.2, 0) is 4.79 Å². The van der Waals surface area contributed by atoms with Gasteiger partial charge in [0.1, 0.15) is 0 Å². The van der Waals surface area contributed by atoms with E-state index >= 15 is 0 Å². The highest BCUT2D eigenvalue weighted by Gasteiger charge is 2.32. The second kappa shape index (κ2) is 6.93. The largest absolute Gasteiger partial charge is 0.481 e. The van der Waals surface area contributed by atoms with E-state index in [0.29, 0.717) is 29.5 Å². The number of carboxylic acid groups (broad SMARTS) is 1. The summed E-state index contributed by atoms with van der Waals surface area (Å²) < 4.78 is 0. The number of hydrogen-bond donors (Lipinski definition) is 2. The summed E-state index contributed by atoms with van der Waals surface area (Å²) >= 11 is 0. The van der Waals surface area contributed by atoms with E-state index in [4.69, 9.17) is 0 Å². The summed E-state index contributed by atoms with van der Waals surface area (Å²) in [5, 5.41) is 9.20. The minimum atomic E-state index is -0.864. The van der Waals surface area contributed by atoms with Crippen LogP contribution in [0, 0.1) is 5.92 Å². The molecule has 6 nitrogen and oxygen atoms in total. The van der Waals surface area contributed by atoms with E-state index in [0.717, 1.165) is 0 Å². The maximum Gasteiger partial charge on any atom is 0.308 e. The molecule has 1 aromatic carbocycles. The Hall–Kier alpha value is -2.89. The van der Waals surface area contributed by atoms with E-state index in [-0.39, 0.29) is 24.3 Å². The fraction of sp³-hybridized carbons (Fsp3) is 0.316. The Morgan fingerprint density at radius 3 is 2.32 bits per heavy atom. The first-order valence-corrected chi connectivity index (χ1v) is 8.28. The van der Waals surface area contributed by atoms with Crippen molar-refractivity contribution in [1.82, 2.24) is 9.88 Å². The number of H-pyrrole nitrogens is 1. The summed E-state index contributed by atoms with van der Waals surface area (Å²) in [6.07, 6.45) is 4.57. The molecule has 25 heavy (non-hydrogen) atoms. The van der Waals surface area contributed by atoms with Crippen LogP contribution < -0.4 is 0 Å². The number of carbonyl (C=O) groups excluding carboxylic acids is 2. The van der Waals surface area contributed by atoms with Crippen LogP contribution in [0.1, 0.15) is 46.0 Å². The number of nitrogens with zero attached hydrogens (tertiary/aromatic N) is 1. The van der Waals surface area contributed by atoms with Crippen LogP contribution in [0.5, 0.6) is 0 Å². The van der Waals surface area contributed by atoms with Crippen molar-refractivity contribution in [3.05, 3.63) is 59.4 Å². The summed E-state index contributed by atoms with van der Waals surface area (Å²) in [5.74, 6) is -1.69. The molecule has 1 saturated heterocycles. The number of piperidine rings is 1. The molecule has 0 spiro atoms. The van der Waals surface area contributed by atoms with Crippen molar-refractivity contribution in [1.29, 1.82) is 0 Å². The van der Waals surface area contributed by atoms with Gasteiger partial charge in [-0.3, -0.25) is 14.4 Å². The Labute approximate surface area is 145 Å². The molecule has 1 aromatic heterocycles. The van der Waals surface area contributed by atoms with Gasteiger partial charge < -0.3 is 15.0 Å². The summed E-state index contributed by atoms with van der Waals surface area (Å²) in [5.41, 5.74) is 1.53. The van der Waals surface area contributed by atoms with Crippen molar-refractivity contribution in [2.75, 3.05) is 6.54 Å².